The summed E-state index contributed by atoms with van der Waals surface area (Å²) in [4.78, 5) is 37.8. The van der Waals surface area contributed by atoms with Crippen LogP contribution in [0.2, 0.25) is 0 Å². The van der Waals surface area contributed by atoms with Gasteiger partial charge in [-0.15, -0.1) is 11.8 Å². The Morgan fingerprint density at radius 1 is 1.45 bits per heavy atom. The van der Waals surface area contributed by atoms with Crippen LogP contribution in [0.4, 0.5) is 0 Å². The van der Waals surface area contributed by atoms with Crippen molar-refractivity contribution in [2.24, 2.45) is 23.5 Å². The highest BCUT2D eigenvalue weighted by atomic mass is 32.2. The Morgan fingerprint density at radius 3 is 2.59 bits per heavy atom. The van der Waals surface area contributed by atoms with Crippen LogP contribution in [0.5, 0.6) is 0 Å². The van der Waals surface area contributed by atoms with E-state index in [0.29, 0.717) is 19.4 Å². The number of amides is 1. The molecule has 2 rings (SSSR count). The largest absolute Gasteiger partial charge is 0.477 e. The zero-order valence-electron chi connectivity index (χ0n) is 13.0. The lowest BCUT2D eigenvalue weighted by Gasteiger charge is -2.47. The number of hydrogen-bond acceptors (Lipinski definition) is 5. The number of Topliss-reactive ketones (excluding diaryl/α,β-unsaturated/α-hetero) is 1. The minimum Gasteiger partial charge on any atom is -0.477 e. The molecule has 2 aliphatic heterocycles. The van der Waals surface area contributed by atoms with E-state index in [4.69, 9.17) is 5.73 Å². The Hall–Kier alpha value is -1.34. The first-order valence-electron chi connectivity index (χ1n) is 7.41. The van der Waals surface area contributed by atoms with Gasteiger partial charge >= 0.3 is 5.97 Å². The number of fused-ring (bicyclic) bond motifs is 1. The van der Waals surface area contributed by atoms with E-state index in [1.165, 1.54) is 16.7 Å². The number of thioether (sulfide) groups is 1. The quantitative estimate of drug-likeness (QED) is 0.679. The summed E-state index contributed by atoms with van der Waals surface area (Å²) < 4.78 is 0. The van der Waals surface area contributed by atoms with Crippen LogP contribution in [-0.4, -0.2) is 46.5 Å². The second-order valence-corrected chi connectivity index (χ2v) is 6.84. The van der Waals surface area contributed by atoms with Gasteiger partial charge in [-0.1, -0.05) is 13.8 Å². The van der Waals surface area contributed by atoms with Gasteiger partial charge in [0, 0.05) is 23.7 Å². The predicted molar refractivity (Wildman–Crippen MR) is 83.9 cm³/mol. The fraction of sp³-hybridized carbons (Fsp3) is 0.667. The van der Waals surface area contributed by atoms with E-state index in [9.17, 15) is 19.5 Å². The Balaban J connectivity index is 2.17. The molecule has 2 aliphatic rings. The normalized spacial score (nSPS) is 28.5. The molecule has 2 heterocycles. The number of β-lactam (4-membered cyclic amide) rings is 1. The van der Waals surface area contributed by atoms with Crippen molar-refractivity contribution < 1.29 is 19.5 Å². The van der Waals surface area contributed by atoms with E-state index in [2.05, 4.69) is 0 Å². The van der Waals surface area contributed by atoms with Crippen LogP contribution in [0.25, 0.3) is 0 Å². The zero-order valence-corrected chi connectivity index (χ0v) is 13.9. The molecule has 0 bridgehead atoms. The summed E-state index contributed by atoms with van der Waals surface area (Å²) >= 11 is 1.38. The summed E-state index contributed by atoms with van der Waals surface area (Å²) in [5.74, 6) is -1.55. The van der Waals surface area contributed by atoms with Crippen LogP contribution in [-0.2, 0) is 14.4 Å². The molecule has 1 fully saturated rings. The maximum Gasteiger partial charge on any atom is 0.353 e. The van der Waals surface area contributed by atoms with Gasteiger partial charge in [-0.25, -0.2) is 4.79 Å². The number of aliphatic carboxylic acids is 1. The summed E-state index contributed by atoms with van der Waals surface area (Å²) in [5, 5.41) is 9.38. The van der Waals surface area contributed by atoms with Gasteiger partial charge in [0.25, 0.3) is 0 Å². The van der Waals surface area contributed by atoms with Crippen molar-refractivity contribution in [3.8, 4) is 0 Å². The van der Waals surface area contributed by atoms with Crippen LogP contribution < -0.4 is 5.73 Å². The topological polar surface area (TPSA) is 101 Å². The number of nitrogens with two attached hydrogens (primary N) is 1. The summed E-state index contributed by atoms with van der Waals surface area (Å²) in [7, 11) is 0. The minimum atomic E-state index is -1.06. The average Bonchev–Trinajstić information content (AvgIpc) is 2.68. The van der Waals surface area contributed by atoms with Crippen molar-refractivity contribution in [1.29, 1.82) is 0 Å². The van der Waals surface area contributed by atoms with Crippen molar-refractivity contribution in [3.63, 3.8) is 0 Å². The lowest BCUT2D eigenvalue weighted by molar-refractivity contribution is -0.160. The van der Waals surface area contributed by atoms with Crippen molar-refractivity contribution in [1.82, 2.24) is 4.90 Å². The Labute approximate surface area is 134 Å². The molecule has 0 aromatic rings. The van der Waals surface area contributed by atoms with Crippen LogP contribution in [0.3, 0.4) is 0 Å². The maximum absolute atomic E-state index is 12.4. The number of carbonyl (C=O) groups excluding carboxylic acids is 2. The molecule has 6 nitrogen and oxygen atoms in total. The number of carboxylic acids is 1. The molecule has 0 aliphatic carbocycles. The van der Waals surface area contributed by atoms with E-state index in [-0.39, 0.29) is 41.2 Å². The van der Waals surface area contributed by atoms with Crippen LogP contribution >= 0.6 is 11.8 Å². The van der Waals surface area contributed by atoms with Crippen molar-refractivity contribution in [2.75, 3.05) is 12.8 Å². The highest BCUT2D eigenvalue weighted by molar-refractivity contribution is 8.02. The maximum atomic E-state index is 12.4. The smallest absolute Gasteiger partial charge is 0.353 e. The van der Waals surface area contributed by atoms with E-state index < -0.39 is 5.97 Å². The van der Waals surface area contributed by atoms with Crippen molar-refractivity contribution in [2.45, 2.75) is 32.7 Å². The summed E-state index contributed by atoms with van der Waals surface area (Å²) in [6, 6.07) is -0.137. The minimum absolute atomic E-state index is 0.00383. The molecular formula is C15H22N2O4S. The number of ketones is 1. The molecule has 0 spiro atoms. The van der Waals surface area contributed by atoms with E-state index in [0.717, 1.165) is 4.91 Å². The summed E-state index contributed by atoms with van der Waals surface area (Å²) in [6.07, 6.45) is 2.47. The standard InChI is InChI=1S/C15H22N2O4S/c1-7(6-9(18)4-5-16)10-11-8(2)13(22-3)12(15(20)21)17(11)14(10)19/h7-8,10-11H,4-6,16H2,1-3H3,(H,20,21)/t7-,8+,10+,11+/m0/s1. The van der Waals surface area contributed by atoms with Gasteiger partial charge < -0.3 is 15.7 Å². The summed E-state index contributed by atoms with van der Waals surface area (Å²) in [6.45, 7) is 4.16. The molecule has 22 heavy (non-hydrogen) atoms. The molecule has 4 atom stereocenters. The van der Waals surface area contributed by atoms with Gasteiger partial charge in [-0.2, -0.15) is 0 Å². The van der Waals surface area contributed by atoms with E-state index in [1.54, 1.807) is 0 Å². The molecule has 7 heteroatoms. The van der Waals surface area contributed by atoms with Gasteiger partial charge in [0.2, 0.25) is 5.91 Å². The first-order chi connectivity index (χ1) is 10.3. The number of carbonyl (C=O) groups is 3. The summed E-state index contributed by atoms with van der Waals surface area (Å²) in [5.41, 5.74) is 5.50. The first-order valence-corrected chi connectivity index (χ1v) is 8.63. The number of hydrogen-bond donors (Lipinski definition) is 2. The highest BCUT2D eigenvalue weighted by Gasteiger charge is 2.59. The van der Waals surface area contributed by atoms with Crippen molar-refractivity contribution in [3.05, 3.63) is 10.6 Å². The first kappa shape index (κ1) is 17.0. The highest BCUT2D eigenvalue weighted by Crippen LogP contribution is 2.51. The lowest BCUT2D eigenvalue weighted by Crippen LogP contribution is -2.62. The molecule has 1 saturated heterocycles. The predicted octanol–water partition coefficient (Wildman–Crippen LogP) is 1.07. The average molecular weight is 326 g/mol. The fourth-order valence-electron chi connectivity index (χ4n) is 3.64. The zero-order chi connectivity index (χ0) is 16.6. The Morgan fingerprint density at radius 2 is 2.09 bits per heavy atom. The second-order valence-electron chi connectivity index (χ2n) is 5.99. The van der Waals surface area contributed by atoms with Gasteiger partial charge in [0.15, 0.2) is 0 Å². The molecule has 0 unspecified atom stereocenters. The molecule has 0 saturated carbocycles. The monoisotopic (exact) mass is 326 g/mol. The number of rotatable bonds is 7. The molecular weight excluding hydrogens is 304 g/mol. The van der Waals surface area contributed by atoms with Gasteiger partial charge in [0.05, 0.1) is 12.0 Å². The molecule has 3 N–H and O–H groups in total. The molecule has 1 amide bonds. The van der Waals surface area contributed by atoms with Crippen LogP contribution in [0.1, 0.15) is 26.7 Å². The number of nitrogens with zero attached hydrogens (tertiary/aromatic N) is 1. The second kappa shape index (κ2) is 6.42. The lowest BCUT2D eigenvalue weighted by atomic mass is 9.73. The van der Waals surface area contributed by atoms with Crippen molar-refractivity contribution >= 4 is 29.4 Å². The molecule has 0 aromatic carbocycles. The van der Waals surface area contributed by atoms with Crippen LogP contribution in [0.15, 0.2) is 10.6 Å². The van der Waals surface area contributed by atoms with E-state index in [1.807, 2.05) is 20.1 Å². The third kappa shape index (κ3) is 2.56. The van der Waals surface area contributed by atoms with E-state index >= 15 is 0 Å². The molecule has 0 aromatic heterocycles. The fourth-order valence-corrected chi connectivity index (χ4v) is 4.53. The van der Waals surface area contributed by atoms with Gasteiger partial charge in [0.1, 0.15) is 11.5 Å². The Bertz CT molecular complexity index is 546. The SMILES string of the molecule is CSC1=C(C(=O)O)N2C(=O)[C@H]([C@@H](C)CC(=O)CCN)[C@H]2[C@H]1C. The Kier molecular flexibility index (Phi) is 4.97. The molecule has 0 radical (unpaired) electrons. The number of carboxylic acid groups (broad SMARTS) is 1. The van der Waals surface area contributed by atoms with Gasteiger partial charge in [-0.3, -0.25) is 9.59 Å². The molecule has 122 valence electrons. The van der Waals surface area contributed by atoms with Gasteiger partial charge in [-0.05, 0) is 18.7 Å². The van der Waals surface area contributed by atoms with Crippen LogP contribution in [0, 0.1) is 17.8 Å². The third-order valence-electron chi connectivity index (χ3n) is 4.60. The third-order valence-corrected chi connectivity index (χ3v) is 5.60.